The Morgan fingerprint density at radius 3 is 2.76 bits per heavy atom. The van der Waals surface area contributed by atoms with E-state index in [0.717, 1.165) is 5.56 Å². The highest BCUT2D eigenvalue weighted by Gasteiger charge is 2.24. The van der Waals surface area contributed by atoms with E-state index in [0.29, 0.717) is 34.7 Å². The number of halogens is 2. The van der Waals surface area contributed by atoms with Crippen LogP contribution in [0.4, 0.5) is 0 Å². The maximum atomic E-state index is 11.1. The molecule has 0 radical (unpaired) electrons. The highest BCUT2D eigenvalue weighted by Crippen LogP contribution is 2.26. The average Bonchev–Trinajstić information content (AvgIpc) is 2.92. The fourth-order valence-corrected chi connectivity index (χ4v) is 2.61. The first-order valence-corrected chi connectivity index (χ1v) is 7.14. The molecule has 1 unspecified atom stereocenters. The van der Waals surface area contributed by atoms with Crippen LogP contribution in [-0.2, 0) is 11.2 Å². The van der Waals surface area contributed by atoms with Crippen LogP contribution in [0, 0.1) is 0 Å². The van der Waals surface area contributed by atoms with Crippen molar-refractivity contribution in [3.63, 3.8) is 0 Å². The molecule has 1 aromatic carbocycles. The van der Waals surface area contributed by atoms with Gasteiger partial charge in [-0.15, -0.1) is 0 Å². The number of rotatable bonds is 3. The number of hydrogen-bond donors (Lipinski definition) is 2. The van der Waals surface area contributed by atoms with Gasteiger partial charge in [0.2, 0.25) is 11.8 Å². The Balaban J connectivity index is 1.75. The van der Waals surface area contributed by atoms with Crippen molar-refractivity contribution >= 4 is 29.1 Å². The Morgan fingerprint density at radius 1 is 1.33 bits per heavy atom. The molecule has 6 nitrogen and oxygen atoms in total. The Labute approximate surface area is 130 Å². The van der Waals surface area contributed by atoms with Crippen LogP contribution in [0.15, 0.2) is 22.7 Å². The first-order valence-electron chi connectivity index (χ1n) is 6.39. The van der Waals surface area contributed by atoms with Crippen molar-refractivity contribution in [1.29, 1.82) is 0 Å². The third-order valence-electron chi connectivity index (χ3n) is 3.19. The summed E-state index contributed by atoms with van der Waals surface area (Å²) in [5.74, 6) is 0.890. The summed E-state index contributed by atoms with van der Waals surface area (Å²) in [6.07, 6.45) is 0.390. The summed E-state index contributed by atoms with van der Waals surface area (Å²) in [7, 11) is 0. The summed E-state index contributed by atoms with van der Waals surface area (Å²) >= 11 is 12.2. The van der Waals surface area contributed by atoms with E-state index in [1.54, 1.807) is 18.2 Å². The van der Waals surface area contributed by atoms with E-state index in [-0.39, 0.29) is 18.5 Å². The molecule has 1 saturated heterocycles. The monoisotopic (exact) mass is 326 g/mol. The molecule has 0 aliphatic carbocycles. The van der Waals surface area contributed by atoms with E-state index >= 15 is 0 Å². The summed E-state index contributed by atoms with van der Waals surface area (Å²) < 4.78 is 5.23. The molecule has 1 aliphatic heterocycles. The molecule has 2 N–H and O–H groups in total. The van der Waals surface area contributed by atoms with Crippen LogP contribution < -0.4 is 10.6 Å². The van der Waals surface area contributed by atoms with Crippen molar-refractivity contribution in [2.75, 3.05) is 13.1 Å². The van der Waals surface area contributed by atoms with Crippen molar-refractivity contribution in [2.24, 2.45) is 0 Å². The Hall–Kier alpha value is -1.63. The van der Waals surface area contributed by atoms with Crippen molar-refractivity contribution in [2.45, 2.75) is 12.5 Å². The second-order valence-corrected chi connectivity index (χ2v) is 5.48. The normalized spacial score (nSPS) is 18.6. The van der Waals surface area contributed by atoms with E-state index < -0.39 is 0 Å². The number of nitrogens with zero attached hydrogens (tertiary/aromatic N) is 2. The number of aromatic nitrogens is 2. The fraction of sp³-hybridized carbons (Fsp3) is 0.308. The highest BCUT2D eigenvalue weighted by atomic mass is 35.5. The minimum atomic E-state index is -0.175. The summed E-state index contributed by atoms with van der Waals surface area (Å²) in [6, 6.07) is 5.14. The SMILES string of the molecule is O=C1CNC(c2nc(Cc3c(Cl)cccc3Cl)no2)CN1. The van der Waals surface area contributed by atoms with Gasteiger partial charge in [0.1, 0.15) is 6.04 Å². The van der Waals surface area contributed by atoms with Crippen LogP contribution in [0.5, 0.6) is 0 Å². The molecular weight excluding hydrogens is 315 g/mol. The van der Waals surface area contributed by atoms with Crippen LogP contribution in [0.25, 0.3) is 0 Å². The van der Waals surface area contributed by atoms with Gasteiger partial charge < -0.3 is 9.84 Å². The third kappa shape index (κ3) is 3.18. The summed E-state index contributed by atoms with van der Waals surface area (Å²) in [5.41, 5.74) is 0.762. The first kappa shape index (κ1) is 14.3. The Bertz CT molecular complexity index is 644. The second-order valence-electron chi connectivity index (χ2n) is 4.66. The summed E-state index contributed by atoms with van der Waals surface area (Å²) in [5, 5.41) is 10.8. The smallest absolute Gasteiger partial charge is 0.245 e. The molecule has 2 aromatic rings. The molecule has 0 bridgehead atoms. The van der Waals surface area contributed by atoms with E-state index in [2.05, 4.69) is 20.8 Å². The molecule has 110 valence electrons. The fourth-order valence-electron chi connectivity index (χ4n) is 2.08. The number of carbonyl (C=O) groups is 1. The van der Waals surface area contributed by atoms with Crippen molar-refractivity contribution in [3.05, 3.63) is 45.5 Å². The van der Waals surface area contributed by atoms with Gasteiger partial charge in [-0.3, -0.25) is 10.1 Å². The van der Waals surface area contributed by atoms with Crippen LogP contribution >= 0.6 is 23.2 Å². The lowest BCUT2D eigenvalue weighted by Gasteiger charge is -2.20. The van der Waals surface area contributed by atoms with Gasteiger partial charge in [0.05, 0.1) is 6.54 Å². The highest BCUT2D eigenvalue weighted by molar-refractivity contribution is 6.36. The van der Waals surface area contributed by atoms with Crippen molar-refractivity contribution < 1.29 is 9.32 Å². The van der Waals surface area contributed by atoms with Crippen LogP contribution in [-0.4, -0.2) is 29.1 Å². The lowest BCUT2D eigenvalue weighted by atomic mass is 10.1. The van der Waals surface area contributed by atoms with Gasteiger partial charge in [-0.2, -0.15) is 4.98 Å². The predicted molar refractivity (Wildman–Crippen MR) is 77.3 cm³/mol. The third-order valence-corrected chi connectivity index (χ3v) is 3.90. The number of carbonyl (C=O) groups excluding carboxylic acids is 1. The first-order chi connectivity index (χ1) is 10.1. The van der Waals surface area contributed by atoms with Crippen LogP contribution in [0.3, 0.4) is 0 Å². The number of hydrogen-bond acceptors (Lipinski definition) is 5. The molecule has 1 atom stereocenters. The zero-order valence-electron chi connectivity index (χ0n) is 10.9. The van der Waals surface area contributed by atoms with E-state index in [9.17, 15) is 4.79 Å². The lowest BCUT2D eigenvalue weighted by Crippen LogP contribution is -2.47. The van der Waals surface area contributed by atoms with E-state index in [1.165, 1.54) is 0 Å². The zero-order chi connectivity index (χ0) is 14.8. The second kappa shape index (κ2) is 6.01. The molecule has 0 spiro atoms. The summed E-state index contributed by atoms with van der Waals surface area (Å²) in [4.78, 5) is 15.4. The molecule has 2 heterocycles. The number of amides is 1. The Morgan fingerprint density at radius 2 is 2.10 bits per heavy atom. The van der Waals surface area contributed by atoms with Gasteiger partial charge in [-0.1, -0.05) is 34.4 Å². The number of nitrogens with one attached hydrogen (secondary N) is 2. The van der Waals surface area contributed by atoms with Crippen LogP contribution in [0.1, 0.15) is 23.3 Å². The molecule has 1 fully saturated rings. The van der Waals surface area contributed by atoms with Gasteiger partial charge in [0.15, 0.2) is 5.82 Å². The van der Waals surface area contributed by atoms with Gasteiger partial charge in [-0.05, 0) is 17.7 Å². The molecule has 3 rings (SSSR count). The van der Waals surface area contributed by atoms with Gasteiger partial charge in [0, 0.05) is 23.0 Å². The zero-order valence-corrected chi connectivity index (χ0v) is 12.4. The molecule has 1 aliphatic rings. The van der Waals surface area contributed by atoms with Crippen molar-refractivity contribution in [3.8, 4) is 0 Å². The molecule has 8 heteroatoms. The maximum Gasteiger partial charge on any atom is 0.245 e. The maximum absolute atomic E-state index is 11.1. The van der Waals surface area contributed by atoms with Gasteiger partial charge in [-0.25, -0.2) is 0 Å². The van der Waals surface area contributed by atoms with Crippen molar-refractivity contribution in [1.82, 2.24) is 20.8 Å². The number of piperazine rings is 1. The minimum Gasteiger partial charge on any atom is -0.353 e. The van der Waals surface area contributed by atoms with E-state index in [1.807, 2.05) is 0 Å². The van der Waals surface area contributed by atoms with Gasteiger partial charge >= 0.3 is 0 Å². The lowest BCUT2D eigenvalue weighted by molar-refractivity contribution is -0.121. The van der Waals surface area contributed by atoms with Gasteiger partial charge in [0.25, 0.3) is 0 Å². The Kier molecular flexibility index (Phi) is 4.10. The van der Waals surface area contributed by atoms with Crippen LogP contribution in [0.2, 0.25) is 10.0 Å². The minimum absolute atomic E-state index is 0.0474. The largest absolute Gasteiger partial charge is 0.353 e. The standard InChI is InChI=1S/C13H12Cl2N4O2/c14-8-2-1-3-9(15)7(8)4-11-18-13(21-19-11)10-5-17-12(20)6-16-10/h1-3,10,16H,4-6H2,(H,17,20). The molecule has 21 heavy (non-hydrogen) atoms. The average molecular weight is 327 g/mol. The molecule has 1 aromatic heterocycles. The topological polar surface area (TPSA) is 80.1 Å². The molecule has 0 saturated carbocycles. The number of benzene rings is 1. The quantitative estimate of drug-likeness (QED) is 0.897. The molecular formula is C13H12Cl2N4O2. The summed E-state index contributed by atoms with van der Waals surface area (Å²) in [6.45, 7) is 0.659. The van der Waals surface area contributed by atoms with E-state index in [4.69, 9.17) is 27.7 Å². The predicted octanol–water partition coefficient (Wildman–Crippen LogP) is 1.73. The molecule has 1 amide bonds.